The topological polar surface area (TPSA) is 53.6 Å². The Hall–Kier alpha value is -2.25. The summed E-state index contributed by atoms with van der Waals surface area (Å²) in [5.41, 5.74) is 5.37. The van der Waals surface area contributed by atoms with Crippen LogP contribution in [0.15, 0.2) is 42.5 Å². The zero-order valence-electron chi connectivity index (χ0n) is 20.7. The fourth-order valence-corrected chi connectivity index (χ4v) is 6.29. The molecule has 5 rings (SSSR count). The molecule has 0 bridgehead atoms. The molecule has 3 aliphatic rings. The van der Waals surface area contributed by atoms with Crippen molar-refractivity contribution in [2.45, 2.75) is 51.7 Å². The lowest BCUT2D eigenvalue weighted by atomic mass is 10.0. The van der Waals surface area contributed by atoms with Crippen LogP contribution in [0.4, 0.5) is 11.4 Å². The lowest BCUT2D eigenvalue weighted by Crippen LogP contribution is -2.59. The van der Waals surface area contributed by atoms with E-state index in [1.54, 1.807) is 0 Å². The average Bonchev–Trinajstić information content (AvgIpc) is 3.52. The van der Waals surface area contributed by atoms with Gasteiger partial charge in [0.15, 0.2) is 0 Å². The van der Waals surface area contributed by atoms with Crippen LogP contribution in [-0.4, -0.2) is 68.8 Å². The van der Waals surface area contributed by atoms with Crippen LogP contribution in [0.2, 0.25) is 0 Å². The van der Waals surface area contributed by atoms with Crippen LogP contribution in [0.25, 0.3) is 0 Å². The molecule has 6 heteroatoms. The van der Waals surface area contributed by atoms with Gasteiger partial charge < -0.3 is 15.4 Å². The first-order valence-corrected chi connectivity index (χ1v) is 13.0. The Labute approximate surface area is 203 Å². The second-order valence-electron chi connectivity index (χ2n) is 10.3. The second kappa shape index (κ2) is 10.2. The number of aryl methyl sites for hydroxylation is 1. The minimum absolute atomic E-state index is 0.0489. The van der Waals surface area contributed by atoms with Gasteiger partial charge in [0.05, 0.1) is 25.8 Å². The number of nitrogens with one attached hydrogen (secondary N) is 2. The van der Waals surface area contributed by atoms with Gasteiger partial charge in [-0.1, -0.05) is 12.1 Å². The molecule has 0 radical (unpaired) electrons. The molecule has 2 aromatic rings. The highest BCUT2D eigenvalue weighted by Crippen LogP contribution is 2.40. The van der Waals surface area contributed by atoms with Crippen LogP contribution in [0, 0.1) is 6.92 Å². The number of rotatable bonds is 6. The fourth-order valence-electron chi connectivity index (χ4n) is 6.29. The van der Waals surface area contributed by atoms with E-state index in [0.29, 0.717) is 17.6 Å². The molecule has 34 heavy (non-hydrogen) atoms. The smallest absolute Gasteiger partial charge is 0.255 e. The number of anilines is 1. The van der Waals surface area contributed by atoms with Crippen LogP contribution < -0.4 is 15.1 Å². The van der Waals surface area contributed by atoms with Crippen molar-refractivity contribution >= 4 is 17.3 Å². The average molecular weight is 464 g/mol. The number of carbonyl (C=O) groups excluding carboxylic acids is 1. The molecule has 3 unspecified atom stereocenters. The molecule has 3 saturated heterocycles. The summed E-state index contributed by atoms with van der Waals surface area (Å²) in [6.45, 7) is 12.4. The standard InChI is InChI=1S/C28H38N4O2/c1-21-18-25(32(15-3-4-22(32)2)26-11-12-29-19-26)9-10-27(21)30-28(33)24-7-5-23(6-8-24)20-31-13-16-34-17-14-31/h5-10,18,22,26,29H,3-4,11-17,19-20H2,1-2H3/p+1. The number of nitrogens with zero attached hydrogens (tertiary/aromatic N) is 2. The van der Waals surface area contributed by atoms with Crippen molar-refractivity contribution in [2.24, 2.45) is 0 Å². The zero-order valence-corrected chi connectivity index (χ0v) is 20.7. The first-order chi connectivity index (χ1) is 16.6. The fraction of sp³-hybridized carbons (Fsp3) is 0.536. The van der Waals surface area contributed by atoms with Crippen molar-refractivity contribution in [3.05, 3.63) is 59.2 Å². The van der Waals surface area contributed by atoms with Gasteiger partial charge in [0, 0.05) is 75.4 Å². The summed E-state index contributed by atoms with van der Waals surface area (Å²) >= 11 is 0. The molecule has 1 amide bonds. The molecule has 182 valence electrons. The van der Waals surface area contributed by atoms with Crippen molar-refractivity contribution in [3.63, 3.8) is 0 Å². The van der Waals surface area contributed by atoms with E-state index in [1.165, 1.54) is 37.1 Å². The Kier molecular flexibility index (Phi) is 7.02. The van der Waals surface area contributed by atoms with Gasteiger partial charge in [-0.3, -0.25) is 14.2 Å². The molecule has 0 saturated carbocycles. The van der Waals surface area contributed by atoms with Gasteiger partial charge >= 0.3 is 0 Å². The van der Waals surface area contributed by atoms with E-state index in [2.05, 4.69) is 59.7 Å². The summed E-state index contributed by atoms with van der Waals surface area (Å²) in [7, 11) is 0. The summed E-state index contributed by atoms with van der Waals surface area (Å²) in [6.07, 6.45) is 3.82. The largest absolute Gasteiger partial charge is 0.379 e. The number of carbonyl (C=O) groups is 1. The molecule has 0 spiro atoms. The maximum absolute atomic E-state index is 13.0. The van der Waals surface area contributed by atoms with E-state index in [0.717, 1.165) is 61.7 Å². The molecule has 0 aromatic heterocycles. The first-order valence-electron chi connectivity index (χ1n) is 13.0. The Balaban J connectivity index is 1.28. The predicted molar refractivity (Wildman–Crippen MR) is 138 cm³/mol. The van der Waals surface area contributed by atoms with Crippen molar-refractivity contribution in [3.8, 4) is 0 Å². The highest BCUT2D eigenvalue weighted by atomic mass is 16.5. The Morgan fingerprint density at radius 1 is 1.15 bits per heavy atom. The number of amides is 1. The molecule has 6 nitrogen and oxygen atoms in total. The van der Waals surface area contributed by atoms with Gasteiger partial charge in [-0.05, 0) is 43.2 Å². The summed E-state index contributed by atoms with van der Waals surface area (Å²) in [6, 6.07) is 16.0. The number of ether oxygens (including phenoxy) is 1. The minimum atomic E-state index is -0.0489. The highest BCUT2D eigenvalue weighted by Gasteiger charge is 2.48. The quantitative estimate of drug-likeness (QED) is 0.638. The Morgan fingerprint density at radius 3 is 2.59 bits per heavy atom. The monoisotopic (exact) mass is 463 g/mol. The molecule has 0 aliphatic carbocycles. The third kappa shape index (κ3) is 4.65. The van der Waals surface area contributed by atoms with Gasteiger partial charge in [0.25, 0.3) is 5.91 Å². The van der Waals surface area contributed by atoms with Crippen molar-refractivity contribution in [2.75, 3.05) is 51.3 Å². The maximum atomic E-state index is 13.0. The minimum Gasteiger partial charge on any atom is -0.379 e. The predicted octanol–water partition coefficient (Wildman–Crippen LogP) is 3.93. The van der Waals surface area contributed by atoms with Crippen LogP contribution in [-0.2, 0) is 11.3 Å². The number of quaternary nitrogens is 1. The zero-order chi connectivity index (χ0) is 23.5. The number of benzene rings is 2. The molecule has 3 fully saturated rings. The van der Waals surface area contributed by atoms with E-state index in [9.17, 15) is 4.79 Å². The summed E-state index contributed by atoms with van der Waals surface area (Å²) < 4.78 is 6.52. The molecule has 3 atom stereocenters. The van der Waals surface area contributed by atoms with Crippen LogP contribution >= 0.6 is 0 Å². The summed E-state index contributed by atoms with van der Waals surface area (Å²) in [4.78, 5) is 15.4. The van der Waals surface area contributed by atoms with E-state index < -0.39 is 0 Å². The molecular weight excluding hydrogens is 424 g/mol. The van der Waals surface area contributed by atoms with Gasteiger partial charge in [-0.25, -0.2) is 0 Å². The van der Waals surface area contributed by atoms with Gasteiger partial charge in [-0.15, -0.1) is 0 Å². The number of likely N-dealkylation sites (tertiary alicyclic amines) is 1. The van der Waals surface area contributed by atoms with E-state index >= 15 is 0 Å². The highest BCUT2D eigenvalue weighted by molar-refractivity contribution is 6.04. The third-order valence-electron chi connectivity index (χ3n) is 8.29. The first kappa shape index (κ1) is 23.5. The summed E-state index contributed by atoms with van der Waals surface area (Å²) in [5.74, 6) is -0.0489. The van der Waals surface area contributed by atoms with Crippen LogP contribution in [0.5, 0.6) is 0 Å². The summed E-state index contributed by atoms with van der Waals surface area (Å²) in [5, 5.41) is 6.73. The number of morpholine rings is 1. The SMILES string of the molecule is Cc1cc([N+]2(C3CCNC3)CCCC2C)ccc1NC(=O)c1ccc(CN2CCOCC2)cc1. The Morgan fingerprint density at radius 2 is 1.94 bits per heavy atom. The molecule has 3 heterocycles. The molecule has 2 aromatic carbocycles. The third-order valence-corrected chi connectivity index (χ3v) is 8.29. The van der Waals surface area contributed by atoms with Crippen molar-refractivity contribution in [1.82, 2.24) is 14.7 Å². The molecule has 3 aliphatic heterocycles. The van der Waals surface area contributed by atoms with Crippen LogP contribution in [0.3, 0.4) is 0 Å². The normalized spacial score (nSPS) is 27.7. The number of hydrogen-bond acceptors (Lipinski definition) is 4. The second-order valence-corrected chi connectivity index (χ2v) is 10.3. The van der Waals surface area contributed by atoms with Crippen molar-refractivity contribution < 1.29 is 9.53 Å². The Bertz CT molecular complexity index is 996. The van der Waals surface area contributed by atoms with Gasteiger partial charge in [0.2, 0.25) is 0 Å². The van der Waals surface area contributed by atoms with E-state index in [4.69, 9.17) is 4.74 Å². The number of hydrogen-bond donors (Lipinski definition) is 2. The van der Waals surface area contributed by atoms with Gasteiger partial charge in [0.1, 0.15) is 11.7 Å². The lowest BCUT2D eigenvalue weighted by Gasteiger charge is -2.43. The molecular formula is C28H39N4O2+. The van der Waals surface area contributed by atoms with Gasteiger partial charge in [-0.2, -0.15) is 0 Å². The van der Waals surface area contributed by atoms with Crippen LogP contribution in [0.1, 0.15) is 47.7 Å². The van der Waals surface area contributed by atoms with E-state index in [1.807, 2.05) is 12.1 Å². The lowest BCUT2D eigenvalue weighted by molar-refractivity contribution is 0.0342. The van der Waals surface area contributed by atoms with E-state index in [-0.39, 0.29) is 5.91 Å². The maximum Gasteiger partial charge on any atom is 0.255 e. The van der Waals surface area contributed by atoms with Crippen molar-refractivity contribution in [1.29, 1.82) is 0 Å². The molecule has 2 N–H and O–H groups in total.